The number of fused-ring (bicyclic) bond motifs is 8. The van der Waals surface area contributed by atoms with Gasteiger partial charge in [0.2, 0.25) is 0 Å². The van der Waals surface area contributed by atoms with Crippen molar-refractivity contribution < 1.29 is 11.6 Å². The zero-order chi connectivity index (χ0) is 33.8. The molecule has 0 bridgehead atoms. The third-order valence-corrected chi connectivity index (χ3v) is 9.29. The Bertz CT molecular complexity index is 2940. The van der Waals surface area contributed by atoms with Gasteiger partial charge in [0, 0.05) is 16.3 Å². The zero-order valence-electron chi connectivity index (χ0n) is 29.0. The highest BCUT2D eigenvalue weighted by Crippen LogP contribution is 2.52. The van der Waals surface area contributed by atoms with Crippen molar-refractivity contribution in [1.29, 1.82) is 0 Å². The first-order chi connectivity index (χ1) is 24.4. The molecule has 0 aliphatic carbocycles. The van der Waals surface area contributed by atoms with Gasteiger partial charge in [-0.25, -0.2) is 0 Å². The summed E-state index contributed by atoms with van der Waals surface area (Å²) in [5.74, 6) is 1.67. The maximum absolute atomic E-state index is 9.06. The van der Waals surface area contributed by atoms with Crippen LogP contribution in [0.4, 0.5) is 0 Å². The third-order valence-electron chi connectivity index (χ3n) is 9.29. The predicted octanol–water partition coefficient (Wildman–Crippen LogP) is 12.6. The molecule has 0 saturated heterocycles. The van der Waals surface area contributed by atoms with Gasteiger partial charge in [-0.3, -0.25) is 0 Å². The highest BCUT2D eigenvalue weighted by molar-refractivity contribution is 6.27. The van der Waals surface area contributed by atoms with Gasteiger partial charge in [0.1, 0.15) is 11.5 Å². The molecular weight excluding hydrogens is 544 g/mol. The summed E-state index contributed by atoms with van der Waals surface area (Å²) in [6.45, 7) is 0. The summed E-state index contributed by atoms with van der Waals surface area (Å²) in [5, 5.41) is 9.77. The maximum atomic E-state index is 9.06. The van der Waals surface area contributed by atoms with Crippen molar-refractivity contribution in [3.8, 4) is 44.9 Å². The first kappa shape index (κ1) is 20.1. The fourth-order valence-electron chi connectivity index (χ4n) is 7.37. The molecule has 9 aromatic carbocycles. The summed E-state index contributed by atoms with van der Waals surface area (Å²) in [6.07, 6.45) is 0. The molecule has 10 rings (SSSR count). The molecule has 0 N–H and O–H groups in total. The van der Waals surface area contributed by atoms with Gasteiger partial charge in [-0.2, -0.15) is 0 Å². The van der Waals surface area contributed by atoms with E-state index in [1.807, 2.05) is 48.5 Å². The lowest BCUT2D eigenvalue weighted by atomic mass is 9.84. The van der Waals surface area contributed by atoms with Crippen molar-refractivity contribution in [1.82, 2.24) is 0 Å². The van der Waals surface area contributed by atoms with Crippen LogP contribution in [0.25, 0.3) is 87.2 Å². The Morgan fingerprint density at radius 2 is 1.11 bits per heavy atom. The molecule has 1 aliphatic rings. The number of rotatable bonds is 2. The van der Waals surface area contributed by atoms with Crippen LogP contribution < -0.4 is 4.74 Å². The van der Waals surface area contributed by atoms with Gasteiger partial charge in [0.15, 0.2) is 0 Å². The van der Waals surface area contributed by atoms with E-state index in [2.05, 4.69) is 78.9 Å². The van der Waals surface area contributed by atoms with Crippen LogP contribution in [0.2, 0.25) is 0 Å². The first-order valence-electron chi connectivity index (χ1n) is 17.6. The molecule has 1 heteroatoms. The molecule has 45 heavy (non-hydrogen) atoms. The summed E-state index contributed by atoms with van der Waals surface area (Å²) in [7, 11) is 0. The molecule has 0 fully saturated rings. The molecule has 1 heterocycles. The Morgan fingerprint density at radius 3 is 1.96 bits per heavy atom. The van der Waals surface area contributed by atoms with Crippen LogP contribution in [-0.2, 0) is 0 Å². The third kappa shape index (κ3) is 3.50. The lowest BCUT2D eigenvalue weighted by Gasteiger charge is -2.24. The van der Waals surface area contributed by atoms with E-state index < -0.39 is 6.04 Å². The number of hydrogen-bond acceptors (Lipinski definition) is 1. The van der Waals surface area contributed by atoms with Crippen molar-refractivity contribution in [2.24, 2.45) is 0 Å². The molecule has 0 saturated carbocycles. The van der Waals surface area contributed by atoms with Gasteiger partial charge in [0.25, 0.3) is 0 Å². The van der Waals surface area contributed by atoms with Crippen molar-refractivity contribution in [2.45, 2.75) is 0 Å². The standard InChI is InChI=1S/C44H26O/c1-2-12-28(13-3-1)41-31-16-7-5-15-30(31)26-39-38(25-29-14-6-8-17-32(29)43(39)41)34-23-24-40-42-35(34)19-10-20-36(42)37-22-21-27-11-4-9-18-33(27)44(37)45-40/h1-26H/i1D,2D,3D,12D,13D. The highest BCUT2D eigenvalue weighted by Gasteiger charge is 2.24. The van der Waals surface area contributed by atoms with Gasteiger partial charge < -0.3 is 4.74 Å². The molecule has 1 nitrogen and oxygen atoms in total. The van der Waals surface area contributed by atoms with Gasteiger partial charge in [0.05, 0.1) is 6.85 Å². The quantitative estimate of drug-likeness (QED) is 0.147. The second kappa shape index (κ2) is 9.29. The van der Waals surface area contributed by atoms with Crippen LogP contribution in [0.5, 0.6) is 11.5 Å². The van der Waals surface area contributed by atoms with Crippen LogP contribution >= 0.6 is 0 Å². The molecule has 0 radical (unpaired) electrons. The number of ether oxygens (including phenoxy) is 1. The fourth-order valence-corrected chi connectivity index (χ4v) is 7.37. The normalized spacial score (nSPS) is 13.7. The van der Waals surface area contributed by atoms with E-state index in [0.29, 0.717) is 5.56 Å². The number of benzene rings is 9. The Hall–Kier alpha value is -5.92. The smallest absolute Gasteiger partial charge is 0.143 e. The molecular formula is C44H26O. The Balaban J connectivity index is 1.36. The number of hydrogen-bond donors (Lipinski definition) is 0. The molecule has 0 atom stereocenters. The minimum atomic E-state index is -0.403. The van der Waals surface area contributed by atoms with Gasteiger partial charge in [-0.1, -0.05) is 133 Å². The fraction of sp³-hybridized carbons (Fsp3) is 0. The van der Waals surface area contributed by atoms with E-state index in [4.69, 9.17) is 11.6 Å². The Morgan fingerprint density at radius 1 is 0.422 bits per heavy atom. The van der Waals surface area contributed by atoms with Crippen molar-refractivity contribution in [3.63, 3.8) is 0 Å². The largest absolute Gasteiger partial charge is 0.455 e. The average Bonchev–Trinajstić information content (AvgIpc) is 3.16. The zero-order valence-corrected chi connectivity index (χ0v) is 24.0. The van der Waals surface area contributed by atoms with E-state index >= 15 is 0 Å². The van der Waals surface area contributed by atoms with Crippen molar-refractivity contribution >= 4 is 53.9 Å². The second-order valence-corrected chi connectivity index (χ2v) is 11.6. The van der Waals surface area contributed by atoms with Crippen LogP contribution in [0.3, 0.4) is 0 Å². The second-order valence-electron chi connectivity index (χ2n) is 11.6. The summed E-state index contributed by atoms with van der Waals surface area (Å²) < 4.78 is 50.3. The van der Waals surface area contributed by atoms with Crippen LogP contribution in [0.1, 0.15) is 6.85 Å². The van der Waals surface area contributed by atoms with Crippen LogP contribution in [0, 0.1) is 0 Å². The molecule has 0 aromatic heterocycles. The van der Waals surface area contributed by atoms with Crippen LogP contribution in [-0.4, -0.2) is 0 Å². The highest BCUT2D eigenvalue weighted by atomic mass is 16.5. The Kier molecular flexibility index (Phi) is 4.15. The van der Waals surface area contributed by atoms with E-state index in [1.165, 1.54) is 0 Å². The minimum absolute atomic E-state index is 0.203. The Labute approximate surface area is 267 Å². The average molecular weight is 576 g/mol. The van der Waals surface area contributed by atoms with Crippen molar-refractivity contribution in [3.05, 3.63) is 158 Å². The lowest BCUT2D eigenvalue weighted by Crippen LogP contribution is -1.99. The molecule has 0 amide bonds. The summed E-state index contributed by atoms with van der Waals surface area (Å²) in [5.41, 5.74) is 5.02. The lowest BCUT2D eigenvalue weighted by molar-refractivity contribution is 0.493. The monoisotopic (exact) mass is 575 g/mol. The van der Waals surface area contributed by atoms with Gasteiger partial charge >= 0.3 is 0 Å². The van der Waals surface area contributed by atoms with Crippen LogP contribution in [0.15, 0.2) is 158 Å². The first-order valence-corrected chi connectivity index (χ1v) is 15.1. The summed E-state index contributed by atoms with van der Waals surface area (Å²) in [4.78, 5) is 0. The molecule has 1 aliphatic heterocycles. The van der Waals surface area contributed by atoms with Gasteiger partial charge in [-0.05, 0) is 95.2 Å². The summed E-state index contributed by atoms with van der Waals surface area (Å²) in [6, 6.07) is 42.1. The molecule has 208 valence electrons. The van der Waals surface area contributed by atoms with E-state index in [1.54, 1.807) is 0 Å². The maximum Gasteiger partial charge on any atom is 0.143 e. The van der Waals surface area contributed by atoms with E-state index in [0.717, 1.165) is 87.6 Å². The van der Waals surface area contributed by atoms with E-state index in [9.17, 15) is 0 Å². The van der Waals surface area contributed by atoms with Crippen molar-refractivity contribution in [2.75, 3.05) is 0 Å². The minimum Gasteiger partial charge on any atom is -0.455 e. The molecule has 9 aromatic rings. The summed E-state index contributed by atoms with van der Waals surface area (Å²) >= 11 is 0. The SMILES string of the molecule is [2H]c1c([2H])c([2H])c(-c2c3ccccc3cc3c(-c4ccc5c6c(cccc46)-c4ccc6ccccc6c4O5)cc4ccccc4c23)c([2H])c1[2H]. The van der Waals surface area contributed by atoms with Gasteiger partial charge in [-0.15, -0.1) is 0 Å². The topological polar surface area (TPSA) is 9.23 Å². The molecule has 0 spiro atoms. The predicted molar refractivity (Wildman–Crippen MR) is 190 cm³/mol. The molecule has 0 unspecified atom stereocenters. The van der Waals surface area contributed by atoms with E-state index in [-0.39, 0.29) is 29.7 Å².